The maximum atomic E-state index is 11.5. The normalized spacial score (nSPS) is 16.5. The summed E-state index contributed by atoms with van der Waals surface area (Å²) in [4.78, 5) is 0.300. The van der Waals surface area contributed by atoms with Crippen molar-refractivity contribution in [3.63, 3.8) is 0 Å². The summed E-state index contributed by atoms with van der Waals surface area (Å²) in [5, 5.41) is 3.33. The third-order valence-electron chi connectivity index (χ3n) is 3.25. The van der Waals surface area contributed by atoms with Crippen molar-refractivity contribution in [2.24, 2.45) is 5.92 Å². The van der Waals surface area contributed by atoms with Gasteiger partial charge in [0.25, 0.3) is 0 Å². The number of anilines is 1. The highest BCUT2D eigenvalue weighted by molar-refractivity contribution is 7.89. The largest absolute Gasteiger partial charge is 0.385 e. The fourth-order valence-corrected chi connectivity index (χ4v) is 2.56. The minimum Gasteiger partial charge on any atom is -0.385 e. The Kier molecular flexibility index (Phi) is 3.69. The number of hydrogen-bond acceptors (Lipinski definition) is 3. The van der Waals surface area contributed by atoms with Crippen molar-refractivity contribution in [3.05, 3.63) is 24.3 Å². The van der Waals surface area contributed by atoms with Crippen LogP contribution in [0.25, 0.3) is 0 Å². The summed E-state index contributed by atoms with van der Waals surface area (Å²) < 4.78 is 25.3. The third-order valence-corrected chi connectivity index (χ3v) is 4.68. The molecule has 0 saturated heterocycles. The quantitative estimate of drug-likeness (QED) is 0.842. The van der Waals surface area contributed by atoms with E-state index in [0.29, 0.717) is 4.90 Å². The molecule has 1 aliphatic rings. The van der Waals surface area contributed by atoms with Gasteiger partial charge in [0.05, 0.1) is 4.90 Å². The SMILES string of the molecule is CNS(=O)(=O)c1ccc(NCC2CCC2)cc1. The molecule has 4 nitrogen and oxygen atoms in total. The Bertz CT molecular complexity index is 464. The first kappa shape index (κ1) is 12.4. The Morgan fingerprint density at radius 2 is 1.88 bits per heavy atom. The molecule has 1 aliphatic carbocycles. The lowest BCUT2D eigenvalue weighted by Gasteiger charge is -2.25. The molecule has 0 heterocycles. The highest BCUT2D eigenvalue weighted by Crippen LogP contribution is 2.26. The Labute approximate surface area is 102 Å². The van der Waals surface area contributed by atoms with Crippen molar-refractivity contribution in [3.8, 4) is 0 Å². The van der Waals surface area contributed by atoms with Gasteiger partial charge in [-0.05, 0) is 50.1 Å². The molecule has 0 radical (unpaired) electrons. The van der Waals surface area contributed by atoms with Crippen molar-refractivity contribution in [2.45, 2.75) is 24.2 Å². The molecular weight excluding hydrogens is 236 g/mol. The molecule has 17 heavy (non-hydrogen) atoms. The number of benzene rings is 1. The first-order chi connectivity index (χ1) is 8.12. The highest BCUT2D eigenvalue weighted by atomic mass is 32.2. The Hall–Kier alpha value is -1.07. The van der Waals surface area contributed by atoms with Crippen molar-refractivity contribution in [1.82, 2.24) is 4.72 Å². The van der Waals surface area contributed by atoms with Crippen molar-refractivity contribution >= 4 is 15.7 Å². The zero-order chi connectivity index (χ0) is 12.3. The van der Waals surface area contributed by atoms with Crippen LogP contribution >= 0.6 is 0 Å². The van der Waals surface area contributed by atoms with Crippen LogP contribution in [0.15, 0.2) is 29.2 Å². The monoisotopic (exact) mass is 254 g/mol. The molecule has 0 aliphatic heterocycles. The van der Waals surface area contributed by atoms with E-state index in [1.54, 1.807) is 12.1 Å². The molecular formula is C12H18N2O2S. The molecule has 1 aromatic carbocycles. The number of rotatable bonds is 5. The molecule has 0 unspecified atom stereocenters. The molecule has 2 rings (SSSR count). The van der Waals surface area contributed by atoms with E-state index >= 15 is 0 Å². The zero-order valence-corrected chi connectivity index (χ0v) is 10.8. The summed E-state index contributed by atoms with van der Waals surface area (Å²) in [7, 11) is -1.90. The lowest BCUT2D eigenvalue weighted by Crippen LogP contribution is -2.21. The van der Waals surface area contributed by atoms with Gasteiger partial charge in [-0.25, -0.2) is 13.1 Å². The highest BCUT2D eigenvalue weighted by Gasteiger charge is 2.16. The smallest absolute Gasteiger partial charge is 0.240 e. The first-order valence-electron chi connectivity index (χ1n) is 5.89. The Morgan fingerprint density at radius 3 is 2.35 bits per heavy atom. The van der Waals surface area contributed by atoms with E-state index in [2.05, 4.69) is 10.0 Å². The van der Waals surface area contributed by atoms with Gasteiger partial charge in [0, 0.05) is 12.2 Å². The molecule has 0 aromatic heterocycles. The first-order valence-corrected chi connectivity index (χ1v) is 7.37. The fraction of sp³-hybridized carbons (Fsp3) is 0.500. The van der Waals surface area contributed by atoms with Crippen LogP contribution in [0.5, 0.6) is 0 Å². The minimum absolute atomic E-state index is 0.300. The predicted molar refractivity (Wildman–Crippen MR) is 68.5 cm³/mol. The molecule has 0 amide bonds. The maximum Gasteiger partial charge on any atom is 0.240 e. The summed E-state index contributed by atoms with van der Waals surface area (Å²) in [6.07, 6.45) is 3.95. The zero-order valence-electron chi connectivity index (χ0n) is 9.94. The maximum absolute atomic E-state index is 11.5. The molecule has 5 heteroatoms. The summed E-state index contributed by atoms with van der Waals surface area (Å²) in [5.74, 6) is 0.788. The fourth-order valence-electron chi connectivity index (χ4n) is 1.83. The second kappa shape index (κ2) is 5.06. The van der Waals surface area contributed by atoms with E-state index in [1.165, 1.54) is 26.3 Å². The minimum atomic E-state index is -3.32. The number of hydrogen-bond donors (Lipinski definition) is 2. The van der Waals surface area contributed by atoms with Crippen LogP contribution in [0, 0.1) is 5.92 Å². The standard InChI is InChI=1S/C12H18N2O2S/c1-13-17(15,16)12-7-5-11(6-8-12)14-9-10-3-2-4-10/h5-8,10,13-14H,2-4,9H2,1H3. The van der Waals surface area contributed by atoms with Crippen LogP contribution in [0.1, 0.15) is 19.3 Å². The topological polar surface area (TPSA) is 58.2 Å². The molecule has 2 N–H and O–H groups in total. The van der Waals surface area contributed by atoms with Crippen LogP contribution in [0.3, 0.4) is 0 Å². The molecule has 1 aromatic rings. The van der Waals surface area contributed by atoms with Crippen molar-refractivity contribution < 1.29 is 8.42 Å². The lowest BCUT2D eigenvalue weighted by atomic mass is 9.85. The van der Waals surface area contributed by atoms with Crippen LogP contribution in [-0.4, -0.2) is 22.0 Å². The van der Waals surface area contributed by atoms with E-state index in [-0.39, 0.29) is 0 Å². The number of sulfonamides is 1. The predicted octanol–water partition coefficient (Wildman–Crippen LogP) is 1.81. The van der Waals surface area contributed by atoms with Crippen molar-refractivity contribution in [2.75, 3.05) is 18.9 Å². The van der Waals surface area contributed by atoms with E-state index in [4.69, 9.17) is 0 Å². The lowest BCUT2D eigenvalue weighted by molar-refractivity contribution is 0.333. The number of nitrogens with one attached hydrogen (secondary N) is 2. The van der Waals surface area contributed by atoms with Crippen LogP contribution in [0.2, 0.25) is 0 Å². The van der Waals surface area contributed by atoms with Crippen LogP contribution in [0.4, 0.5) is 5.69 Å². The summed E-state index contributed by atoms with van der Waals surface area (Å²) >= 11 is 0. The van der Waals surface area contributed by atoms with Gasteiger partial charge in [0.1, 0.15) is 0 Å². The van der Waals surface area contributed by atoms with Gasteiger partial charge < -0.3 is 5.32 Å². The van der Waals surface area contributed by atoms with Crippen LogP contribution in [-0.2, 0) is 10.0 Å². The van der Waals surface area contributed by atoms with E-state index in [9.17, 15) is 8.42 Å². The van der Waals surface area contributed by atoms with Gasteiger partial charge in [0.15, 0.2) is 0 Å². The molecule has 94 valence electrons. The third kappa shape index (κ3) is 2.98. The summed E-state index contributed by atoms with van der Waals surface area (Å²) in [6, 6.07) is 6.86. The molecule has 1 fully saturated rings. The average Bonchev–Trinajstić information content (AvgIpc) is 2.28. The van der Waals surface area contributed by atoms with Gasteiger partial charge in [0.2, 0.25) is 10.0 Å². The molecule has 0 spiro atoms. The van der Waals surface area contributed by atoms with Crippen molar-refractivity contribution in [1.29, 1.82) is 0 Å². The Balaban J connectivity index is 1.97. The average molecular weight is 254 g/mol. The summed E-state index contributed by atoms with van der Waals surface area (Å²) in [5.41, 5.74) is 0.979. The van der Waals surface area contributed by atoms with Gasteiger partial charge in [-0.15, -0.1) is 0 Å². The second-order valence-electron chi connectivity index (χ2n) is 4.41. The van der Waals surface area contributed by atoms with Crippen LogP contribution < -0.4 is 10.0 Å². The van der Waals surface area contributed by atoms with Gasteiger partial charge in [-0.3, -0.25) is 0 Å². The van der Waals surface area contributed by atoms with E-state index < -0.39 is 10.0 Å². The van der Waals surface area contributed by atoms with E-state index in [1.807, 2.05) is 12.1 Å². The molecule has 0 bridgehead atoms. The Morgan fingerprint density at radius 1 is 1.24 bits per heavy atom. The molecule has 1 saturated carbocycles. The second-order valence-corrected chi connectivity index (χ2v) is 6.30. The van der Waals surface area contributed by atoms with Gasteiger partial charge in [-0.2, -0.15) is 0 Å². The van der Waals surface area contributed by atoms with Gasteiger partial charge >= 0.3 is 0 Å². The van der Waals surface area contributed by atoms with E-state index in [0.717, 1.165) is 18.2 Å². The summed E-state index contributed by atoms with van der Waals surface area (Å²) in [6.45, 7) is 0.984. The molecule has 0 atom stereocenters. The van der Waals surface area contributed by atoms with Gasteiger partial charge in [-0.1, -0.05) is 6.42 Å².